The topological polar surface area (TPSA) is 37.8 Å². The van der Waals surface area contributed by atoms with Crippen LogP contribution in [-0.2, 0) is 0 Å². The van der Waals surface area contributed by atoms with Crippen LogP contribution >= 0.6 is 11.6 Å². The summed E-state index contributed by atoms with van der Waals surface area (Å²) >= 11 is 5.78. The van der Waals surface area contributed by atoms with Gasteiger partial charge in [0.25, 0.3) is 0 Å². The standard InChI is InChI=1S/C12H18ClN3/c1-9-3-2-4-10(5-9)7-14-11-6-12(13)16-15-8-11/h6,8-10H,2-5,7H2,1H3,(H,14,16). The van der Waals surface area contributed by atoms with E-state index in [4.69, 9.17) is 11.6 Å². The van der Waals surface area contributed by atoms with E-state index in [9.17, 15) is 0 Å². The van der Waals surface area contributed by atoms with Crippen LogP contribution in [0.1, 0.15) is 32.6 Å². The van der Waals surface area contributed by atoms with Gasteiger partial charge < -0.3 is 5.32 Å². The van der Waals surface area contributed by atoms with Gasteiger partial charge in [0, 0.05) is 12.6 Å². The molecule has 1 aromatic rings. The summed E-state index contributed by atoms with van der Waals surface area (Å²) in [4.78, 5) is 0. The Bertz CT molecular complexity index is 343. The molecule has 0 aromatic carbocycles. The van der Waals surface area contributed by atoms with E-state index in [-0.39, 0.29) is 0 Å². The number of rotatable bonds is 3. The molecule has 2 rings (SSSR count). The summed E-state index contributed by atoms with van der Waals surface area (Å²) in [5.74, 6) is 1.66. The summed E-state index contributed by atoms with van der Waals surface area (Å²) in [5.41, 5.74) is 0.971. The average Bonchev–Trinajstić information content (AvgIpc) is 2.27. The molecule has 2 atom stereocenters. The molecular weight excluding hydrogens is 222 g/mol. The van der Waals surface area contributed by atoms with Gasteiger partial charge in [-0.15, -0.1) is 5.10 Å². The zero-order valence-corrected chi connectivity index (χ0v) is 10.4. The van der Waals surface area contributed by atoms with Crippen molar-refractivity contribution in [1.82, 2.24) is 10.2 Å². The SMILES string of the molecule is CC1CCCC(CNc2cnnc(Cl)c2)C1. The minimum absolute atomic E-state index is 0.446. The average molecular weight is 240 g/mol. The van der Waals surface area contributed by atoms with E-state index in [0.717, 1.165) is 24.1 Å². The summed E-state index contributed by atoms with van der Waals surface area (Å²) in [6.07, 6.45) is 7.14. The second-order valence-electron chi connectivity index (χ2n) is 4.79. The number of hydrogen-bond donors (Lipinski definition) is 1. The molecule has 1 aromatic heterocycles. The van der Waals surface area contributed by atoms with E-state index < -0.39 is 0 Å². The Balaban J connectivity index is 1.82. The monoisotopic (exact) mass is 239 g/mol. The highest BCUT2D eigenvalue weighted by Gasteiger charge is 2.18. The van der Waals surface area contributed by atoms with Crippen molar-refractivity contribution in [2.75, 3.05) is 11.9 Å². The molecule has 1 N–H and O–H groups in total. The smallest absolute Gasteiger partial charge is 0.153 e. The van der Waals surface area contributed by atoms with Crippen molar-refractivity contribution < 1.29 is 0 Å². The maximum atomic E-state index is 5.78. The van der Waals surface area contributed by atoms with Gasteiger partial charge in [0.2, 0.25) is 0 Å². The first kappa shape index (κ1) is 11.6. The van der Waals surface area contributed by atoms with Gasteiger partial charge in [0.1, 0.15) is 0 Å². The molecule has 0 saturated heterocycles. The highest BCUT2D eigenvalue weighted by Crippen LogP contribution is 2.28. The van der Waals surface area contributed by atoms with Gasteiger partial charge in [-0.1, -0.05) is 31.4 Å². The molecule has 4 heteroatoms. The number of aromatic nitrogens is 2. The van der Waals surface area contributed by atoms with Crippen molar-refractivity contribution in [3.8, 4) is 0 Å². The van der Waals surface area contributed by atoms with E-state index in [1.807, 2.05) is 6.07 Å². The first-order chi connectivity index (χ1) is 7.74. The Labute approximate surface area is 102 Å². The van der Waals surface area contributed by atoms with Crippen LogP contribution < -0.4 is 5.32 Å². The Morgan fingerprint density at radius 1 is 1.50 bits per heavy atom. The molecule has 3 nitrogen and oxygen atoms in total. The quantitative estimate of drug-likeness (QED) is 0.879. The summed E-state index contributed by atoms with van der Waals surface area (Å²) < 4.78 is 0. The highest BCUT2D eigenvalue weighted by atomic mass is 35.5. The van der Waals surface area contributed by atoms with Gasteiger partial charge in [-0.25, -0.2) is 0 Å². The third-order valence-electron chi connectivity index (χ3n) is 3.26. The van der Waals surface area contributed by atoms with Crippen LogP contribution in [0.5, 0.6) is 0 Å². The Morgan fingerprint density at radius 2 is 2.38 bits per heavy atom. The molecule has 1 aliphatic carbocycles. The van der Waals surface area contributed by atoms with Crippen LogP contribution in [0.15, 0.2) is 12.3 Å². The summed E-state index contributed by atoms with van der Waals surface area (Å²) in [5, 5.41) is 11.4. The third-order valence-corrected chi connectivity index (χ3v) is 3.45. The minimum atomic E-state index is 0.446. The first-order valence-corrected chi connectivity index (χ1v) is 6.34. The second-order valence-corrected chi connectivity index (χ2v) is 5.17. The summed E-state index contributed by atoms with van der Waals surface area (Å²) in [6.45, 7) is 3.36. The molecule has 88 valence electrons. The molecule has 1 heterocycles. The van der Waals surface area contributed by atoms with Crippen LogP contribution in [-0.4, -0.2) is 16.7 Å². The molecule has 1 fully saturated rings. The lowest BCUT2D eigenvalue weighted by Crippen LogP contribution is -2.21. The lowest BCUT2D eigenvalue weighted by atomic mass is 9.82. The van der Waals surface area contributed by atoms with E-state index in [1.165, 1.54) is 25.7 Å². The van der Waals surface area contributed by atoms with E-state index in [2.05, 4.69) is 22.4 Å². The van der Waals surface area contributed by atoms with Crippen LogP contribution in [0.2, 0.25) is 5.15 Å². The van der Waals surface area contributed by atoms with Gasteiger partial charge in [0.15, 0.2) is 5.15 Å². The van der Waals surface area contributed by atoms with Gasteiger partial charge in [-0.2, -0.15) is 5.10 Å². The fourth-order valence-corrected chi connectivity index (χ4v) is 2.61. The van der Waals surface area contributed by atoms with Crippen molar-refractivity contribution in [2.45, 2.75) is 32.6 Å². The van der Waals surface area contributed by atoms with E-state index in [1.54, 1.807) is 6.20 Å². The number of anilines is 1. The molecule has 0 amide bonds. The van der Waals surface area contributed by atoms with E-state index >= 15 is 0 Å². The first-order valence-electron chi connectivity index (χ1n) is 5.96. The fraction of sp³-hybridized carbons (Fsp3) is 0.667. The van der Waals surface area contributed by atoms with Crippen LogP contribution in [0.25, 0.3) is 0 Å². The molecule has 0 spiro atoms. The van der Waals surface area contributed by atoms with Crippen molar-refractivity contribution in [1.29, 1.82) is 0 Å². The third kappa shape index (κ3) is 3.34. The van der Waals surface area contributed by atoms with Crippen molar-refractivity contribution in [3.05, 3.63) is 17.4 Å². The zero-order valence-electron chi connectivity index (χ0n) is 9.62. The number of halogens is 1. The van der Waals surface area contributed by atoms with Gasteiger partial charge >= 0.3 is 0 Å². The number of nitrogens with one attached hydrogen (secondary N) is 1. The molecular formula is C12H18ClN3. The maximum absolute atomic E-state index is 5.78. The predicted octanol–water partition coefficient (Wildman–Crippen LogP) is 3.37. The minimum Gasteiger partial charge on any atom is -0.383 e. The van der Waals surface area contributed by atoms with Crippen LogP contribution in [0, 0.1) is 11.8 Å². The van der Waals surface area contributed by atoms with E-state index in [0.29, 0.717) is 5.15 Å². The largest absolute Gasteiger partial charge is 0.383 e. The molecule has 16 heavy (non-hydrogen) atoms. The zero-order chi connectivity index (χ0) is 11.4. The Hall–Kier alpha value is -0.830. The number of hydrogen-bond acceptors (Lipinski definition) is 3. The Kier molecular flexibility index (Phi) is 3.99. The van der Waals surface area contributed by atoms with Crippen LogP contribution in [0.3, 0.4) is 0 Å². The summed E-state index contributed by atoms with van der Waals surface area (Å²) in [7, 11) is 0. The molecule has 2 unspecified atom stereocenters. The number of nitrogens with zero attached hydrogens (tertiary/aromatic N) is 2. The van der Waals surface area contributed by atoms with Crippen molar-refractivity contribution in [2.24, 2.45) is 11.8 Å². The Morgan fingerprint density at radius 3 is 3.12 bits per heavy atom. The molecule has 0 bridgehead atoms. The molecule has 0 radical (unpaired) electrons. The molecule has 0 aliphatic heterocycles. The lowest BCUT2D eigenvalue weighted by Gasteiger charge is -2.27. The van der Waals surface area contributed by atoms with Gasteiger partial charge in [-0.05, 0) is 24.7 Å². The second kappa shape index (κ2) is 5.48. The molecule has 1 aliphatic rings. The molecule has 1 saturated carbocycles. The van der Waals surface area contributed by atoms with Gasteiger partial charge in [-0.3, -0.25) is 0 Å². The lowest BCUT2D eigenvalue weighted by molar-refractivity contribution is 0.293. The van der Waals surface area contributed by atoms with Crippen molar-refractivity contribution in [3.63, 3.8) is 0 Å². The van der Waals surface area contributed by atoms with Gasteiger partial charge in [0.05, 0.1) is 11.9 Å². The highest BCUT2D eigenvalue weighted by molar-refractivity contribution is 6.29. The summed E-state index contributed by atoms with van der Waals surface area (Å²) in [6, 6.07) is 1.82. The van der Waals surface area contributed by atoms with Crippen molar-refractivity contribution >= 4 is 17.3 Å². The van der Waals surface area contributed by atoms with Crippen LogP contribution in [0.4, 0.5) is 5.69 Å². The fourth-order valence-electron chi connectivity index (χ4n) is 2.44. The predicted molar refractivity (Wildman–Crippen MR) is 66.7 cm³/mol. The normalized spacial score (nSPS) is 25.4. The maximum Gasteiger partial charge on any atom is 0.153 e.